The molecule has 0 aromatic carbocycles. The highest BCUT2D eigenvalue weighted by Crippen LogP contribution is 2.23. The number of amides is 1. The molecule has 0 aliphatic heterocycles. The Labute approximate surface area is 123 Å². The predicted molar refractivity (Wildman–Crippen MR) is 83.8 cm³/mol. The Morgan fingerprint density at radius 3 is 2.50 bits per heavy atom. The second kappa shape index (κ2) is 9.61. The van der Waals surface area contributed by atoms with Crippen molar-refractivity contribution in [3.05, 3.63) is 0 Å². The molecule has 3 N–H and O–H groups in total. The van der Waals surface area contributed by atoms with Gasteiger partial charge in [-0.1, -0.05) is 19.3 Å². The summed E-state index contributed by atoms with van der Waals surface area (Å²) >= 11 is 0. The lowest BCUT2D eigenvalue weighted by molar-refractivity contribution is -0.125. The van der Waals surface area contributed by atoms with E-state index in [1.807, 2.05) is 6.92 Å². The minimum atomic E-state index is 0.210. The zero-order chi connectivity index (χ0) is 14.8. The van der Waals surface area contributed by atoms with Crippen LogP contribution in [0.3, 0.4) is 0 Å². The molecule has 0 heterocycles. The van der Waals surface area contributed by atoms with E-state index in [4.69, 9.17) is 0 Å². The molecule has 0 spiro atoms. The molecule has 1 aliphatic carbocycles. The van der Waals surface area contributed by atoms with Gasteiger partial charge in [0.1, 0.15) is 0 Å². The lowest BCUT2D eigenvalue weighted by Crippen LogP contribution is -2.41. The van der Waals surface area contributed by atoms with Crippen molar-refractivity contribution in [1.29, 1.82) is 0 Å². The Balaban J connectivity index is 2.25. The fraction of sp³-hybridized carbons (Fsp3) is 0.867. The van der Waals surface area contributed by atoms with Gasteiger partial charge in [-0.2, -0.15) is 0 Å². The second-order valence-electron chi connectivity index (χ2n) is 5.69. The van der Waals surface area contributed by atoms with Gasteiger partial charge in [0.2, 0.25) is 5.91 Å². The van der Waals surface area contributed by atoms with E-state index < -0.39 is 0 Å². The van der Waals surface area contributed by atoms with Crippen LogP contribution in [0, 0.1) is 5.92 Å². The molecule has 0 aromatic rings. The molecule has 1 rings (SSSR count). The number of rotatable bonds is 6. The Hall–Kier alpha value is -1.26. The van der Waals surface area contributed by atoms with Crippen LogP contribution in [0.5, 0.6) is 0 Å². The molecule has 0 atom stereocenters. The van der Waals surface area contributed by atoms with Crippen molar-refractivity contribution in [3.63, 3.8) is 0 Å². The minimum Gasteiger partial charge on any atom is -0.357 e. The molecule has 0 unspecified atom stereocenters. The zero-order valence-electron chi connectivity index (χ0n) is 13.2. The summed E-state index contributed by atoms with van der Waals surface area (Å²) in [4.78, 5) is 16.4. The van der Waals surface area contributed by atoms with Crippen molar-refractivity contribution in [3.8, 4) is 0 Å². The third-order valence-corrected chi connectivity index (χ3v) is 3.43. The van der Waals surface area contributed by atoms with E-state index in [0.29, 0.717) is 19.1 Å². The quantitative estimate of drug-likeness (QED) is 0.394. The Morgan fingerprint density at radius 2 is 1.90 bits per heavy atom. The standard InChI is InChI=1S/C15H30N4O/c1-4-16-15(19-12(2)3)18-11-10-17-14(20)13-8-6-5-7-9-13/h12-13H,4-11H2,1-3H3,(H,17,20)(H2,16,18,19). The van der Waals surface area contributed by atoms with Crippen LogP contribution in [0.2, 0.25) is 0 Å². The number of hydrogen-bond acceptors (Lipinski definition) is 2. The molecule has 5 nitrogen and oxygen atoms in total. The van der Waals surface area contributed by atoms with Crippen LogP contribution in [-0.4, -0.2) is 37.5 Å². The Bertz CT molecular complexity index is 309. The summed E-state index contributed by atoms with van der Waals surface area (Å²) in [5, 5.41) is 9.45. The maximum Gasteiger partial charge on any atom is 0.223 e. The van der Waals surface area contributed by atoms with Crippen LogP contribution in [-0.2, 0) is 4.79 Å². The average Bonchev–Trinajstić information content (AvgIpc) is 2.44. The van der Waals surface area contributed by atoms with E-state index >= 15 is 0 Å². The molecule has 116 valence electrons. The van der Waals surface area contributed by atoms with Gasteiger partial charge >= 0.3 is 0 Å². The molecule has 0 saturated heterocycles. The highest BCUT2D eigenvalue weighted by atomic mass is 16.1. The summed E-state index contributed by atoms with van der Waals surface area (Å²) in [5.74, 6) is 1.26. The van der Waals surface area contributed by atoms with Crippen LogP contribution in [0.4, 0.5) is 0 Å². The summed E-state index contributed by atoms with van der Waals surface area (Å²) in [5.41, 5.74) is 0. The van der Waals surface area contributed by atoms with E-state index in [9.17, 15) is 4.79 Å². The fourth-order valence-corrected chi connectivity index (χ4v) is 2.45. The molecule has 20 heavy (non-hydrogen) atoms. The minimum absolute atomic E-state index is 0.210. The van der Waals surface area contributed by atoms with Crippen LogP contribution in [0.15, 0.2) is 4.99 Å². The lowest BCUT2D eigenvalue weighted by atomic mass is 9.89. The van der Waals surface area contributed by atoms with Crippen molar-refractivity contribution in [2.75, 3.05) is 19.6 Å². The first-order valence-electron chi connectivity index (χ1n) is 7.96. The third-order valence-electron chi connectivity index (χ3n) is 3.43. The first kappa shape index (κ1) is 16.8. The number of guanidine groups is 1. The number of carbonyl (C=O) groups is 1. The van der Waals surface area contributed by atoms with Crippen LogP contribution in [0.1, 0.15) is 52.9 Å². The molecule has 1 fully saturated rings. The van der Waals surface area contributed by atoms with Crippen molar-refractivity contribution in [2.45, 2.75) is 58.9 Å². The van der Waals surface area contributed by atoms with Crippen LogP contribution < -0.4 is 16.0 Å². The first-order chi connectivity index (χ1) is 9.63. The van der Waals surface area contributed by atoms with E-state index in [0.717, 1.165) is 25.3 Å². The SMILES string of the molecule is CCNC(=NCCNC(=O)C1CCCCC1)NC(C)C. The van der Waals surface area contributed by atoms with Crippen molar-refractivity contribution in [2.24, 2.45) is 10.9 Å². The third kappa shape index (κ3) is 6.78. The smallest absolute Gasteiger partial charge is 0.223 e. The summed E-state index contributed by atoms with van der Waals surface area (Å²) in [6.07, 6.45) is 5.76. The van der Waals surface area contributed by atoms with Gasteiger partial charge in [-0.15, -0.1) is 0 Å². The highest BCUT2D eigenvalue weighted by Gasteiger charge is 2.20. The molecule has 1 amide bonds. The molecule has 1 aliphatic rings. The molecular formula is C15H30N4O. The van der Waals surface area contributed by atoms with Crippen molar-refractivity contribution < 1.29 is 4.79 Å². The first-order valence-corrected chi connectivity index (χ1v) is 7.96. The van der Waals surface area contributed by atoms with Gasteiger partial charge in [-0.3, -0.25) is 9.79 Å². The number of aliphatic imine (C=N–C) groups is 1. The number of hydrogen-bond donors (Lipinski definition) is 3. The van der Waals surface area contributed by atoms with Gasteiger partial charge in [0.25, 0.3) is 0 Å². The lowest BCUT2D eigenvalue weighted by Gasteiger charge is -2.20. The van der Waals surface area contributed by atoms with Gasteiger partial charge in [0.15, 0.2) is 5.96 Å². The molecule has 5 heteroatoms. The summed E-state index contributed by atoms with van der Waals surface area (Å²) in [6.45, 7) is 8.27. The Morgan fingerprint density at radius 1 is 1.20 bits per heavy atom. The molecule has 0 bridgehead atoms. The number of nitrogens with zero attached hydrogens (tertiary/aromatic N) is 1. The number of carbonyl (C=O) groups excluding carboxylic acids is 1. The Kier molecular flexibility index (Phi) is 8.07. The summed E-state index contributed by atoms with van der Waals surface area (Å²) < 4.78 is 0. The van der Waals surface area contributed by atoms with Crippen molar-refractivity contribution >= 4 is 11.9 Å². The molecule has 0 radical (unpaired) electrons. The van der Waals surface area contributed by atoms with Gasteiger partial charge in [-0.25, -0.2) is 0 Å². The van der Waals surface area contributed by atoms with E-state index in [1.165, 1.54) is 19.3 Å². The van der Waals surface area contributed by atoms with Gasteiger partial charge < -0.3 is 16.0 Å². The maximum absolute atomic E-state index is 12.0. The van der Waals surface area contributed by atoms with E-state index in [-0.39, 0.29) is 11.8 Å². The summed E-state index contributed by atoms with van der Waals surface area (Å²) in [6, 6.07) is 0.352. The second-order valence-corrected chi connectivity index (χ2v) is 5.69. The largest absolute Gasteiger partial charge is 0.357 e. The van der Waals surface area contributed by atoms with Gasteiger partial charge in [0, 0.05) is 25.0 Å². The van der Waals surface area contributed by atoms with Crippen LogP contribution in [0.25, 0.3) is 0 Å². The van der Waals surface area contributed by atoms with Crippen molar-refractivity contribution in [1.82, 2.24) is 16.0 Å². The summed E-state index contributed by atoms with van der Waals surface area (Å²) in [7, 11) is 0. The fourth-order valence-electron chi connectivity index (χ4n) is 2.45. The normalized spacial score (nSPS) is 17.1. The zero-order valence-corrected chi connectivity index (χ0v) is 13.2. The number of nitrogens with one attached hydrogen (secondary N) is 3. The maximum atomic E-state index is 12.0. The monoisotopic (exact) mass is 282 g/mol. The highest BCUT2D eigenvalue weighted by molar-refractivity contribution is 5.80. The van der Waals surface area contributed by atoms with E-state index in [2.05, 4.69) is 34.8 Å². The predicted octanol–water partition coefficient (Wildman–Crippen LogP) is 1.65. The average molecular weight is 282 g/mol. The topological polar surface area (TPSA) is 65.5 Å². The molecular weight excluding hydrogens is 252 g/mol. The van der Waals surface area contributed by atoms with Crippen LogP contribution >= 0.6 is 0 Å². The van der Waals surface area contributed by atoms with E-state index in [1.54, 1.807) is 0 Å². The van der Waals surface area contributed by atoms with Gasteiger partial charge in [0.05, 0.1) is 6.54 Å². The van der Waals surface area contributed by atoms with Gasteiger partial charge in [-0.05, 0) is 33.6 Å². The molecule has 0 aromatic heterocycles. The molecule has 1 saturated carbocycles.